The molecule has 0 atom stereocenters. The summed E-state index contributed by atoms with van der Waals surface area (Å²) < 4.78 is 13.6. The van der Waals surface area contributed by atoms with Crippen LogP contribution in [0.15, 0.2) is 16.6 Å². The number of nitrogen functional groups attached to an aromatic ring is 1. The van der Waals surface area contributed by atoms with Crippen LogP contribution in [0.3, 0.4) is 0 Å². The zero-order chi connectivity index (χ0) is 13.8. The molecular formula is C13H16BrFN2OS. The van der Waals surface area contributed by atoms with E-state index in [-0.39, 0.29) is 11.6 Å². The van der Waals surface area contributed by atoms with Gasteiger partial charge in [-0.3, -0.25) is 4.79 Å². The molecule has 0 aliphatic carbocycles. The lowest BCUT2D eigenvalue weighted by Gasteiger charge is -2.21. The van der Waals surface area contributed by atoms with Gasteiger partial charge < -0.3 is 11.1 Å². The van der Waals surface area contributed by atoms with Crippen molar-refractivity contribution in [3.8, 4) is 0 Å². The van der Waals surface area contributed by atoms with Gasteiger partial charge in [0.15, 0.2) is 0 Å². The number of benzene rings is 1. The number of hydrogen-bond donors (Lipinski definition) is 2. The lowest BCUT2D eigenvalue weighted by Crippen LogP contribution is -2.31. The van der Waals surface area contributed by atoms with Crippen LogP contribution in [0.2, 0.25) is 0 Å². The third kappa shape index (κ3) is 3.86. The summed E-state index contributed by atoms with van der Waals surface area (Å²) in [6, 6.07) is 2.59. The summed E-state index contributed by atoms with van der Waals surface area (Å²) in [7, 11) is 0. The predicted molar refractivity (Wildman–Crippen MR) is 80.9 cm³/mol. The fourth-order valence-corrected chi connectivity index (χ4v) is 3.72. The van der Waals surface area contributed by atoms with Gasteiger partial charge in [-0.1, -0.05) is 0 Å². The quantitative estimate of drug-likeness (QED) is 0.827. The Morgan fingerprint density at radius 1 is 1.47 bits per heavy atom. The van der Waals surface area contributed by atoms with Crippen molar-refractivity contribution < 1.29 is 9.18 Å². The number of thioether (sulfide) groups is 1. The Labute approximate surface area is 124 Å². The zero-order valence-electron chi connectivity index (χ0n) is 10.4. The van der Waals surface area contributed by atoms with Crippen molar-refractivity contribution in [2.45, 2.75) is 12.8 Å². The standard InChI is InChI=1S/C13H16BrFN2OS/c14-10-6-11(15)12(16)5-9(10)13(18)17-7-8-1-3-19-4-2-8/h5-6,8H,1-4,7,16H2,(H,17,18). The van der Waals surface area contributed by atoms with E-state index in [4.69, 9.17) is 5.73 Å². The molecule has 1 fully saturated rings. The van der Waals surface area contributed by atoms with Gasteiger partial charge >= 0.3 is 0 Å². The summed E-state index contributed by atoms with van der Waals surface area (Å²) >= 11 is 5.15. The van der Waals surface area contributed by atoms with Crippen LogP contribution in [0.4, 0.5) is 10.1 Å². The molecule has 1 aromatic rings. The molecule has 1 aliphatic heterocycles. The lowest BCUT2D eigenvalue weighted by atomic mass is 10.0. The van der Waals surface area contributed by atoms with Gasteiger partial charge in [0, 0.05) is 11.0 Å². The monoisotopic (exact) mass is 346 g/mol. The molecule has 0 saturated carbocycles. The molecule has 0 bridgehead atoms. The molecule has 3 N–H and O–H groups in total. The Kier molecular flexibility index (Phi) is 5.10. The highest BCUT2D eigenvalue weighted by Crippen LogP contribution is 2.24. The lowest BCUT2D eigenvalue weighted by molar-refractivity contribution is 0.0945. The number of rotatable bonds is 3. The summed E-state index contributed by atoms with van der Waals surface area (Å²) in [6.45, 7) is 0.670. The predicted octanol–water partition coefficient (Wildman–Crippen LogP) is 3.04. The van der Waals surface area contributed by atoms with Gasteiger partial charge in [-0.25, -0.2) is 4.39 Å². The Balaban J connectivity index is 1.97. The van der Waals surface area contributed by atoms with E-state index in [1.807, 2.05) is 11.8 Å². The molecule has 1 aliphatic rings. The van der Waals surface area contributed by atoms with E-state index in [1.165, 1.54) is 12.1 Å². The first-order chi connectivity index (χ1) is 9.08. The van der Waals surface area contributed by atoms with Crippen LogP contribution in [-0.2, 0) is 0 Å². The molecule has 0 spiro atoms. The second kappa shape index (κ2) is 6.61. The third-order valence-corrected chi connectivity index (χ3v) is 4.93. The second-order valence-corrected chi connectivity index (χ2v) is 6.70. The van der Waals surface area contributed by atoms with Crippen LogP contribution in [0, 0.1) is 11.7 Å². The number of carbonyl (C=O) groups is 1. The van der Waals surface area contributed by atoms with E-state index >= 15 is 0 Å². The topological polar surface area (TPSA) is 55.1 Å². The summed E-state index contributed by atoms with van der Waals surface area (Å²) in [4.78, 5) is 12.0. The first kappa shape index (κ1) is 14.7. The Bertz CT molecular complexity index is 478. The normalized spacial score (nSPS) is 16.3. The number of amides is 1. The van der Waals surface area contributed by atoms with E-state index in [9.17, 15) is 9.18 Å². The Morgan fingerprint density at radius 3 is 2.84 bits per heavy atom. The highest BCUT2D eigenvalue weighted by molar-refractivity contribution is 9.10. The van der Waals surface area contributed by atoms with Gasteiger partial charge in [-0.05, 0) is 58.3 Å². The van der Waals surface area contributed by atoms with Crippen molar-refractivity contribution in [1.29, 1.82) is 0 Å². The summed E-state index contributed by atoms with van der Waals surface area (Å²) in [5, 5.41) is 2.90. The summed E-state index contributed by atoms with van der Waals surface area (Å²) in [6.07, 6.45) is 2.27. The van der Waals surface area contributed by atoms with Crippen molar-refractivity contribution >= 4 is 39.3 Å². The molecular weight excluding hydrogens is 331 g/mol. The van der Waals surface area contributed by atoms with Crippen LogP contribution in [0.25, 0.3) is 0 Å². The Morgan fingerprint density at radius 2 is 2.16 bits per heavy atom. The summed E-state index contributed by atoms with van der Waals surface area (Å²) in [5.74, 6) is 2.13. The van der Waals surface area contributed by atoms with E-state index in [1.54, 1.807) is 0 Å². The molecule has 0 aromatic heterocycles. The molecule has 1 heterocycles. The maximum Gasteiger partial charge on any atom is 0.252 e. The molecule has 1 aromatic carbocycles. The van der Waals surface area contributed by atoms with Crippen molar-refractivity contribution in [2.24, 2.45) is 5.92 Å². The van der Waals surface area contributed by atoms with Gasteiger partial charge in [-0.15, -0.1) is 0 Å². The van der Waals surface area contributed by atoms with Crippen molar-refractivity contribution in [2.75, 3.05) is 23.8 Å². The van der Waals surface area contributed by atoms with E-state index < -0.39 is 5.82 Å². The molecule has 6 heteroatoms. The Hall–Kier alpha value is -0.750. The van der Waals surface area contributed by atoms with Gasteiger partial charge in [0.2, 0.25) is 0 Å². The van der Waals surface area contributed by atoms with Gasteiger partial charge in [0.05, 0.1) is 11.3 Å². The molecule has 0 unspecified atom stereocenters. The maximum absolute atomic E-state index is 13.2. The summed E-state index contributed by atoms with van der Waals surface area (Å²) in [5.41, 5.74) is 5.85. The minimum Gasteiger partial charge on any atom is -0.396 e. The van der Waals surface area contributed by atoms with Gasteiger partial charge in [0.1, 0.15) is 5.82 Å². The van der Waals surface area contributed by atoms with Gasteiger partial charge in [0.25, 0.3) is 5.91 Å². The molecule has 0 radical (unpaired) electrons. The second-order valence-electron chi connectivity index (χ2n) is 4.62. The maximum atomic E-state index is 13.2. The highest BCUT2D eigenvalue weighted by Gasteiger charge is 2.17. The van der Waals surface area contributed by atoms with Crippen molar-refractivity contribution in [3.63, 3.8) is 0 Å². The molecule has 104 valence electrons. The van der Waals surface area contributed by atoms with Crippen LogP contribution in [0.1, 0.15) is 23.2 Å². The average Bonchev–Trinajstić information content (AvgIpc) is 2.41. The smallest absolute Gasteiger partial charge is 0.252 e. The largest absolute Gasteiger partial charge is 0.396 e. The molecule has 3 nitrogen and oxygen atoms in total. The molecule has 1 saturated heterocycles. The highest BCUT2D eigenvalue weighted by atomic mass is 79.9. The number of carbonyl (C=O) groups excluding carboxylic acids is 1. The molecule has 2 rings (SSSR count). The molecule has 19 heavy (non-hydrogen) atoms. The first-order valence-electron chi connectivity index (χ1n) is 6.18. The first-order valence-corrected chi connectivity index (χ1v) is 8.13. The van der Waals surface area contributed by atoms with E-state index in [0.717, 1.165) is 24.3 Å². The number of nitrogens with two attached hydrogens (primary N) is 1. The van der Waals surface area contributed by atoms with Crippen LogP contribution in [0.5, 0.6) is 0 Å². The molecule has 1 amide bonds. The number of hydrogen-bond acceptors (Lipinski definition) is 3. The van der Waals surface area contributed by atoms with E-state index in [2.05, 4.69) is 21.2 Å². The zero-order valence-corrected chi connectivity index (χ0v) is 12.8. The van der Waals surface area contributed by atoms with Gasteiger partial charge in [-0.2, -0.15) is 11.8 Å². The minimum absolute atomic E-state index is 0.0117. The fraction of sp³-hybridized carbons (Fsp3) is 0.462. The van der Waals surface area contributed by atoms with Crippen LogP contribution >= 0.6 is 27.7 Å². The SMILES string of the molecule is Nc1cc(C(=O)NCC2CCSCC2)c(Br)cc1F. The average molecular weight is 347 g/mol. The van der Waals surface area contributed by atoms with Crippen LogP contribution < -0.4 is 11.1 Å². The van der Waals surface area contributed by atoms with Crippen molar-refractivity contribution in [1.82, 2.24) is 5.32 Å². The number of halogens is 2. The number of nitrogens with one attached hydrogen (secondary N) is 1. The third-order valence-electron chi connectivity index (χ3n) is 3.22. The van der Waals surface area contributed by atoms with Crippen molar-refractivity contribution in [3.05, 3.63) is 28.0 Å². The fourth-order valence-electron chi connectivity index (χ4n) is 2.02. The number of anilines is 1. The minimum atomic E-state index is -0.521. The van der Waals surface area contributed by atoms with E-state index in [0.29, 0.717) is 22.5 Å². The van der Waals surface area contributed by atoms with Crippen LogP contribution in [-0.4, -0.2) is 24.0 Å².